The van der Waals surface area contributed by atoms with Crippen molar-refractivity contribution >= 4 is 35.4 Å². The number of halogens is 1. The number of benzene rings is 3. The van der Waals surface area contributed by atoms with Crippen LogP contribution in [0.4, 0.5) is 17.1 Å². The van der Waals surface area contributed by atoms with Gasteiger partial charge in [0, 0.05) is 33.8 Å². The zero-order chi connectivity index (χ0) is 22.8. The summed E-state index contributed by atoms with van der Waals surface area (Å²) in [5.74, 6) is 0.231. The van der Waals surface area contributed by atoms with Gasteiger partial charge in [0.25, 0.3) is 5.91 Å². The standard InChI is InChI=1S/C27H32N2O2.ClH/c1-26(2,3)22-16-21(17-23(24(22)30)27(4,5)6)28-19-12-14-20(15-13-19)29-25(31)18-10-8-7-9-11-18;/h7-17,28,30H,1-6H3,(H,29,31);1H. The van der Waals surface area contributed by atoms with Crippen molar-refractivity contribution in [3.05, 3.63) is 83.4 Å². The lowest BCUT2D eigenvalue weighted by atomic mass is 9.79. The molecule has 0 radical (unpaired) electrons. The zero-order valence-electron chi connectivity index (χ0n) is 19.6. The van der Waals surface area contributed by atoms with Crippen LogP contribution in [0.1, 0.15) is 63.0 Å². The smallest absolute Gasteiger partial charge is 0.255 e. The van der Waals surface area contributed by atoms with Gasteiger partial charge in [0.05, 0.1) is 0 Å². The maximum absolute atomic E-state index is 12.3. The van der Waals surface area contributed by atoms with Crippen molar-refractivity contribution in [2.24, 2.45) is 0 Å². The van der Waals surface area contributed by atoms with Gasteiger partial charge in [-0.3, -0.25) is 4.79 Å². The average Bonchev–Trinajstić information content (AvgIpc) is 2.69. The maximum atomic E-state index is 12.3. The van der Waals surface area contributed by atoms with E-state index in [0.717, 1.165) is 28.2 Å². The predicted molar refractivity (Wildman–Crippen MR) is 137 cm³/mol. The summed E-state index contributed by atoms with van der Waals surface area (Å²) in [7, 11) is 0. The van der Waals surface area contributed by atoms with Gasteiger partial charge in [0.15, 0.2) is 0 Å². The molecule has 4 nitrogen and oxygen atoms in total. The van der Waals surface area contributed by atoms with E-state index in [9.17, 15) is 9.90 Å². The molecule has 5 heteroatoms. The molecule has 0 spiro atoms. The number of hydrogen-bond acceptors (Lipinski definition) is 3. The van der Waals surface area contributed by atoms with Crippen LogP contribution in [0.15, 0.2) is 66.7 Å². The topological polar surface area (TPSA) is 61.4 Å². The molecule has 0 heterocycles. The molecule has 32 heavy (non-hydrogen) atoms. The molecule has 0 fully saturated rings. The molecular formula is C27H33ClN2O2. The summed E-state index contributed by atoms with van der Waals surface area (Å²) in [6.45, 7) is 12.6. The highest BCUT2D eigenvalue weighted by atomic mass is 35.5. The molecule has 0 bridgehead atoms. The second-order valence-electron chi connectivity index (χ2n) is 9.94. The van der Waals surface area contributed by atoms with Crippen molar-refractivity contribution in [1.29, 1.82) is 0 Å². The number of carbonyl (C=O) groups excluding carboxylic acids is 1. The number of phenols is 1. The molecule has 3 N–H and O–H groups in total. The van der Waals surface area contributed by atoms with E-state index < -0.39 is 0 Å². The Morgan fingerprint density at radius 2 is 1.19 bits per heavy atom. The minimum absolute atomic E-state index is 0. The highest BCUT2D eigenvalue weighted by molar-refractivity contribution is 6.04. The molecule has 0 aliphatic rings. The number of carbonyl (C=O) groups is 1. The van der Waals surface area contributed by atoms with Gasteiger partial charge in [0.2, 0.25) is 0 Å². The van der Waals surface area contributed by atoms with Crippen LogP contribution in [-0.2, 0) is 10.8 Å². The molecule has 0 unspecified atom stereocenters. The highest BCUT2D eigenvalue weighted by Gasteiger charge is 2.26. The van der Waals surface area contributed by atoms with Gasteiger partial charge in [-0.1, -0.05) is 59.7 Å². The number of amides is 1. The van der Waals surface area contributed by atoms with E-state index >= 15 is 0 Å². The lowest BCUT2D eigenvalue weighted by Gasteiger charge is -2.28. The SMILES string of the molecule is CC(C)(C)c1cc(Nc2ccc(NC(=O)c3ccccc3)cc2)cc(C(C)(C)C)c1O.Cl. The van der Waals surface area contributed by atoms with Gasteiger partial charge in [-0.15, -0.1) is 12.4 Å². The number of aromatic hydroxyl groups is 1. The first kappa shape index (κ1) is 25.3. The van der Waals surface area contributed by atoms with E-state index in [1.165, 1.54) is 0 Å². The van der Waals surface area contributed by atoms with Crippen LogP contribution >= 0.6 is 12.4 Å². The van der Waals surface area contributed by atoms with E-state index in [1.807, 2.05) is 54.6 Å². The summed E-state index contributed by atoms with van der Waals surface area (Å²) in [4.78, 5) is 12.3. The maximum Gasteiger partial charge on any atom is 0.255 e. The lowest BCUT2D eigenvalue weighted by Crippen LogP contribution is -2.17. The Balaban J connectivity index is 0.00000363. The molecule has 170 valence electrons. The van der Waals surface area contributed by atoms with E-state index in [2.05, 4.69) is 52.2 Å². The van der Waals surface area contributed by atoms with Crippen LogP contribution in [-0.4, -0.2) is 11.0 Å². The lowest BCUT2D eigenvalue weighted by molar-refractivity contribution is 0.102. The molecule has 3 aromatic rings. The van der Waals surface area contributed by atoms with Crippen molar-refractivity contribution < 1.29 is 9.90 Å². The normalized spacial score (nSPS) is 11.4. The monoisotopic (exact) mass is 452 g/mol. The number of rotatable bonds is 4. The molecular weight excluding hydrogens is 420 g/mol. The molecule has 0 aromatic heterocycles. The van der Waals surface area contributed by atoms with Crippen LogP contribution in [0.2, 0.25) is 0 Å². The van der Waals surface area contributed by atoms with E-state index in [4.69, 9.17) is 0 Å². The Labute approximate surface area is 197 Å². The van der Waals surface area contributed by atoms with Crippen LogP contribution < -0.4 is 10.6 Å². The first-order valence-corrected chi connectivity index (χ1v) is 10.6. The van der Waals surface area contributed by atoms with E-state index in [-0.39, 0.29) is 29.1 Å². The second kappa shape index (κ2) is 9.66. The van der Waals surface area contributed by atoms with Gasteiger partial charge in [0.1, 0.15) is 5.75 Å². The summed E-state index contributed by atoms with van der Waals surface area (Å²) in [5.41, 5.74) is 4.63. The van der Waals surface area contributed by atoms with Crippen LogP contribution in [0.3, 0.4) is 0 Å². The Morgan fingerprint density at radius 3 is 1.66 bits per heavy atom. The largest absolute Gasteiger partial charge is 0.507 e. The summed E-state index contributed by atoms with van der Waals surface area (Å²) < 4.78 is 0. The van der Waals surface area contributed by atoms with Crippen LogP contribution in [0, 0.1) is 0 Å². The number of hydrogen-bond donors (Lipinski definition) is 3. The highest BCUT2D eigenvalue weighted by Crippen LogP contribution is 2.41. The van der Waals surface area contributed by atoms with Gasteiger partial charge in [-0.05, 0) is 59.4 Å². The van der Waals surface area contributed by atoms with Crippen molar-refractivity contribution in [2.75, 3.05) is 10.6 Å². The number of phenolic OH excluding ortho intramolecular Hbond substituents is 1. The summed E-state index contributed by atoms with van der Waals surface area (Å²) in [6, 6.07) is 20.8. The first-order valence-electron chi connectivity index (χ1n) is 10.6. The van der Waals surface area contributed by atoms with Crippen molar-refractivity contribution in [3.8, 4) is 5.75 Å². The third-order valence-electron chi connectivity index (χ3n) is 5.19. The fraction of sp³-hybridized carbons (Fsp3) is 0.296. The number of anilines is 3. The molecule has 3 rings (SSSR count). The minimum atomic E-state index is -0.187. The van der Waals surface area contributed by atoms with Crippen molar-refractivity contribution in [2.45, 2.75) is 52.4 Å². The molecule has 0 aliphatic carbocycles. The van der Waals surface area contributed by atoms with Gasteiger partial charge >= 0.3 is 0 Å². The fourth-order valence-electron chi connectivity index (χ4n) is 3.45. The van der Waals surface area contributed by atoms with Gasteiger partial charge in [-0.25, -0.2) is 0 Å². The number of nitrogens with one attached hydrogen (secondary N) is 2. The Bertz CT molecular complexity index is 1030. The van der Waals surface area contributed by atoms with Gasteiger partial charge in [-0.2, -0.15) is 0 Å². The summed E-state index contributed by atoms with van der Waals surface area (Å²) in [6.07, 6.45) is 0. The Morgan fingerprint density at radius 1 is 0.719 bits per heavy atom. The Kier molecular flexibility index (Phi) is 7.63. The molecule has 3 aromatic carbocycles. The first-order chi connectivity index (χ1) is 14.4. The fourth-order valence-corrected chi connectivity index (χ4v) is 3.45. The molecule has 0 atom stereocenters. The minimum Gasteiger partial charge on any atom is -0.507 e. The Hall–Kier alpha value is -2.98. The van der Waals surface area contributed by atoms with Crippen LogP contribution in [0.5, 0.6) is 5.75 Å². The van der Waals surface area contributed by atoms with E-state index in [0.29, 0.717) is 11.3 Å². The predicted octanol–water partition coefficient (Wildman–Crippen LogP) is 7.40. The zero-order valence-corrected chi connectivity index (χ0v) is 20.4. The van der Waals surface area contributed by atoms with Crippen LogP contribution in [0.25, 0.3) is 0 Å². The molecule has 0 aliphatic heterocycles. The summed E-state index contributed by atoms with van der Waals surface area (Å²) in [5, 5.41) is 17.3. The van der Waals surface area contributed by atoms with Crippen molar-refractivity contribution in [3.63, 3.8) is 0 Å². The molecule has 0 saturated heterocycles. The van der Waals surface area contributed by atoms with E-state index in [1.54, 1.807) is 12.1 Å². The second-order valence-corrected chi connectivity index (χ2v) is 9.94. The molecule has 0 saturated carbocycles. The third-order valence-corrected chi connectivity index (χ3v) is 5.19. The van der Waals surface area contributed by atoms with Gasteiger partial charge < -0.3 is 15.7 Å². The third kappa shape index (κ3) is 6.04. The molecule has 1 amide bonds. The summed E-state index contributed by atoms with van der Waals surface area (Å²) >= 11 is 0. The average molecular weight is 453 g/mol. The quantitative estimate of drug-likeness (QED) is 0.361. The van der Waals surface area contributed by atoms with Crippen molar-refractivity contribution in [1.82, 2.24) is 0 Å².